The molecule has 2 aromatic rings. The van der Waals surface area contributed by atoms with Gasteiger partial charge in [-0.2, -0.15) is 0 Å². The van der Waals surface area contributed by atoms with E-state index in [1.165, 1.54) is 22.4 Å². The summed E-state index contributed by atoms with van der Waals surface area (Å²) in [5, 5.41) is 0. The van der Waals surface area contributed by atoms with E-state index in [-0.39, 0.29) is 0 Å². The molecule has 19 heavy (non-hydrogen) atoms. The van der Waals surface area contributed by atoms with Gasteiger partial charge in [0.15, 0.2) is 5.82 Å². The van der Waals surface area contributed by atoms with Gasteiger partial charge in [0.1, 0.15) is 5.75 Å². The quantitative estimate of drug-likeness (QED) is 0.806. The van der Waals surface area contributed by atoms with Crippen molar-refractivity contribution < 1.29 is 9.13 Å². The number of pyridine rings is 1. The molecule has 0 N–H and O–H groups in total. The molecule has 0 saturated heterocycles. The Labute approximate surface area is 115 Å². The van der Waals surface area contributed by atoms with Crippen LogP contribution >= 0.6 is 11.8 Å². The first kappa shape index (κ1) is 13.7. The molecule has 5 heteroatoms. The third kappa shape index (κ3) is 3.38. The molecule has 0 radical (unpaired) electrons. The summed E-state index contributed by atoms with van der Waals surface area (Å²) in [6.07, 6.45) is 1.64. The molecule has 1 aromatic carbocycles. The third-order valence-corrected chi connectivity index (χ3v) is 3.71. The summed E-state index contributed by atoms with van der Waals surface area (Å²) in [5.41, 5.74) is 0.508. The van der Waals surface area contributed by atoms with Gasteiger partial charge in [0.25, 0.3) is 5.56 Å². The Balaban J connectivity index is 2.07. The average molecular weight is 279 g/mol. The van der Waals surface area contributed by atoms with Crippen LogP contribution < -0.4 is 10.3 Å². The zero-order chi connectivity index (χ0) is 13.8. The zero-order valence-corrected chi connectivity index (χ0v) is 11.5. The third-order valence-electron chi connectivity index (χ3n) is 2.68. The lowest BCUT2D eigenvalue weighted by molar-refractivity contribution is 0.414. The predicted octanol–water partition coefficient (Wildman–Crippen LogP) is 2.83. The molecule has 1 heterocycles. The van der Waals surface area contributed by atoms with Crippen molar-refractivity contribution in [3.05, 3.63) is 58.3 Å². The Kier molecular flexibility index (Phi) is 4.27. The van der Waals surface area contributed by atoms with Crippen molar-refractivity contribution in [1.29, 1.82) is 0 Å². The molecule has 0 aliphatic heterocycles. The summed E-state index contributed by atoms with van der Waals surface area (Å²) in [7, 11) is 3.17. The van der Waals surface area contributed by atoms with Gasteiger partial charge in [-0.3, -0.25) is 4.79 Å². The van der Waals surface area contributed by atoms with Crippen LogP contribution in [0.1, 0.15) is 5.56 Å². The van der Waals surface area contributed by atoms with Gasteiger partial charge in [-0.25, -0.2) is 4.39 Å². The predicted molar refractivity (Wildman–Crippen MR) is 74.2 cm³/mol. The van der Waals surface area contributed by atoms with E-state index in [2.05, 4.69) is 0 Å². The molecule has 0 spiro atoms. The molecule has 0 bridgehead atoms. The van der Waals surface area contributed by atoms with Gasteiger partial charge >= 0.3 is 0 Å². The fraction of sp³-hybridized carbons (Fsp3) is 0.214. The molecule has 0 saturated carbocycles. The number of benzene rings is 1. The number of hydrogen-bond acceptors (Lipinski definition) is 3. The molecule has 0 amide bonds. The van der Waals surface area contributed by atoms with Crippen molar-refractivity contribution >= 4 is 11.8 Å². The lowest BCUT2D eigenvalue weighted by Crippen LogP contribution is -2.19. The fourth-order valence-corrected chi connectivity index (χ4v) is 2.55. The van der Waals surface area contributed by atoms with Crippen molar-refractivity contribution in [3.63, 3.8) is 0 Å². The van der Waals surface area contributed by atoms with Gasteiger partial charge in [0.2, 0.25) is 0 Å². The van der Waals surface area contributed by atoms with Crippen LogP contribution in [0.15, 0.2) is 46.2 Å². The Morgan fingerprint density at radius 1 is 1.32 bits per heavy atom. The van der Waals surface area contributed by atoms with Crippen molar-refractivity contribution in [2.75, 3.05) is 7.11 Å². The first-order valence-corrected chi connectivity index (χ1v) is 6.70. The first-order valence-electron chi connectivity index (χ1n) is 5.72. The highest BCUT2D eigenvalue weighted by atomic mass is 32.2. The van der Waals surface area contributed by atoms with E-state index in [1.807, 2.05) is 24.3 Å². The molecule has 2 rings (SSSR count). The van der Waals surface area contributed by atoms with Crippen molar-refractivity contribution in [1.82, 2.24) is 4.57 Å². The Morgan fingerprint density at radius 2 is 2.00 bits per heavy atom. The second-order valence-corrected chi connectivity index (χ2v) is 5.13. The van der Waals surface area contributed by atoms with Gasteiger partial charge in [-0.05, 0) is 23.8 Å². The van der Waals surface area contributed by atoms with Crippen LogP contribution in [-0.2, 0) is 12.8 Å². The molecule has 0 aliphatic carbocycles. The lowest BCUT2D eigenvalue weighted by Gasteiger charge is -2.05. The number of methoxy groups -OCH3 is 1. The molecule has 3 nitrogen and oxygen atoms in total. The van der Waals surface area contributed by atoms with Crippen molar-refractivity contribution in [2.45, 2.75) is 10.6 Å². The summed E-state index contributed by atoms with van der Waals surface area (Å²) in [6.45, 7) is 0. The Hall–Kier alpha value is -1.75. The lowest BCUT2D eigenvalue weighted by atomic mass is 10.2. The van der Waals surface area contributed by atoms with E-state index in [4.69, 9.17) is 4.74 Å². The second kappa shape index (κ2) is 5.93. The number of aromatic nitrogens is 1. The maximum atomic E-state index is 13.3. The van der Waals surface area contributed by atoms with E-state index in [1.54, 1.807) is 20.4 Å². The number of nitrogens with zero attached hydrogens (tertiary/aromatic N) is 1. The molecule has 1 aromatic heterocycles. The molecular formula is C14H14FNO2S. The number of halogens is 1. The van der Waals surface area contributed by atoms with E-state index in [0.29, 0.717) is 5.75 Å². The highest BCUT2D eigenvalue weighted by Crippen LogP contribution is 2.23. The standard InChI is InChI=1S/C14H14FNO2S/c1-16-8-12(7-13(15)14(16)17)19-9-10-3-5-11(18-2)6-4-10/h3-8H,9H2,1-2H3. The summed E-state index contributed by atoms with van der Waals surface area (Å²) in [6, 6.07) is 8.97. The number of hydrogen-bond donors (Lipinski definition) is 0. The largest absolute Gasteiger partial charge is 0.497 e. The smallest absolute Gasteiger partial charge is 0.286 e. The molecular weight excluding hydrogens is 265 g/mol. The molecule has 0 atom stereocenters. The monoisotopic (exact) mass is 279 g/mol. The normalized spacial score (nSPS) is 10.5. The Bertz CT molecular complexity index is 596. The minimum atomic E-state index is -0.720. The number of aryl methyl sites for hydroxylation is 1. The summed E-state index contributed by atoms with van der Waals surface area (Å²) < 4.78 is 19.6. The van der Waals surface area contributed by atoms with Crippen LogP contribution in [0.2, 0.25) is 0 Å². The SMILES string of the molecule is COc1ccc(CSc2cc(F)c(=O)n(C)c2)cc1. The van der Waals surface area contributed by atoms with Crippen LogP contribution in [0.5, 0.6) is 5.75 Å². The van der Waals surface area contributed by atoms with Gasteiger partial charge < -0.3 is 9.30 Å². The summed E-state index contributed by atoms with van der Waals surface area (Å²) >= 11 is 1.48. The second-order valence-electron chi connectivity index (χ2n) is 4.08. The van der Waals surface area contributed by atoms with Crippen LogP contribution in [0, 0.1) is 5.82 Å². The highest BCUT2D eigenvalue weighted by molar-refractivity contribution is 7.98. The number of thioether (sulfide) groups is 1. The number of rotatable bonds is 4. The molecule has 0 unspecified atom stereocenters. The van der Waals surface area contributed by atoms with Crippen molar-refractivity contribution in [2.24, 2.45) is 7.05 Å². The van der Waals surface area contributed by atoms with Crippen molar-refractivity contribution in [3.8, 4) is 5.75 Å². The first-order chi connectivity index (χ1) is 9.10. The van der Waals surface area contributed by atoms with Gasteiger partial charge in [-0.15, -0.1) is 11.8 Å². The van der Waals surface area contributed by atoms with E-state index in [0.717, 1.165) is 16.2 Å². The van der Waals surface area contributed by atoms with Gasteiger partial charge in [0, 0.05) is 23.9 Å². The topological polar surface area (TPSA) is 31.2 Å². The minimum Gasteiger partial charge on any atom is -0.497 e. The maximum absolute atomic E-state index is 13.3. The maximum Gasteiger partial charge on any atom is 0.286 e. The van der Waals surface area contributed by atoms with E-state index >= 15 is 0 Å². The van der Waals surface area contributed by atoms with Crippen LogP contribution in [-0.4, -0.2) is 11.7 Å². The van der Waals surface area contributed by atoms with Crippen LogP contribution in [0.25, 0.3) is 0 Å². The minimum absolute atomic E-state index is 0.603. The summed E-state index contributed by atoms with van der Waals surface area (Å²) in [5.74, 6) is 0.797. The van der Waals surface area contributed by atoms with Crippen LogP contribution in [0.3, 0.4) is 0 Å². The Morgan fingerprint density at radius 3 is 2.58 bits per heavy atom. The highest BCUT2D eigenvalue weighted by Gasteiger charge is 2.04. The summed E-state index contributed by atoms with van der Waals surface area (Å²) in [4.78, 5) is 12.0. The van der Waals surface area contributed by atoms with E-state index < -0.39 is 11.4 Å². The molecule has 100 valence electrons. The van der Waals surface area contributed by atoms with Crippen LogP contribution in [0.4, 0.5) is 4.39 Å². The number of ether oxygens (including phenoxy) is 1. The van der Waals surface area contributed by atoms with E-state index in [9.17, 15) is 9.18 Å². The zero-order valence-electron chi connectivity index (χ0n) is 10.7. The van der Waals surface area contributed by atoms with Gasteiger partial charge in [0.05, 0.1) is 7.11 Å². The molecule has 0 fully saturated rings. The molecule has 0 aliphatic rings. The fourth-order valence-electron chi connectivity index (χ4n) is 1.61. The average Bonchev–Trinajstić information content (AvgIpc) is 2.43. The van der Waals surface area contributed by atoms with Gasteiger partial charge in [-0.1, -0.05) is 12.1 Å².